The highest BCUT2D eigenvalue weighted by Crippen LogP contribution is 2.23. The first-order valence-corrected chi connectivity index (χ1v) is 12.0. The molecule has 0 bridgehead atoms. The molecule has 0 amide bonds. The van der Waals surface area contributed by atoms with Crippen LogP contribution in [-0.2, 0) is 16.1 Å². The van der Waals surface area contributed by atoms with Gasteiger partial charge in [-0.3, -0.25) is 9.78 Å². The zero-order chi connectivity index (χ0) is 22.0. The Bertz CT molecular complexity index is 572. The Kier molecular flexibility index (Phi) is 14.9. The second kappa shape index (κ2) is 17.0. The lowest BCUT2D eigenvalue weighted by Gasteiger charge is -2.08. The van der Waals surface area contributed by atoms with Crippen molar-refractivity contribution in [1.29, 1.82) is 0 Å². The molecule has 5 nitrogen and oxygen atoms in total. The minimum Gasteiger partial charge on any atom is -0.508 e. The largest absolute Gasteiger partial charge is 0.508 e. The van der Waals surface area contributed by atoms with Crippen LogP contribution in [0, 0.1) is 0 Å². The van der Waals surface area contributed by atoms with Gasteiger partial charge in [0.25, 0.3) is 0 Å². The Morgan fingerprint density at radius 2 is 1.50 bits per heavy atom. The quantitative estimate of drug-likeness (QED) is 0.189. The summed E-state index contributed by atoms with van der Waals surface area (Å²) in [5.41, 5.74) is 6.22. The van der Waals surface area contributed by atoms with E-state index in [1.165, 1.54) is 57.4 Å². The molecule has 1 aliphatic rings. The second-order valence-corrected chi connectivity index (χ2v) is 8.39. The molecule has 172 valence electrons. The second-order valence-electron chi connectivity index (χ2n) is 8.39. The van der Waals surface area contributed by atoms with Crippen LogP contribution in [0.15, 0.2) is 18.2 Å². The van der Waals surface area contributed by atoms with Crippen molar-refractivity contribution < 1.29 is 19.7 Å². The Hall–Kier alpha value is -1.75. The number of hydrogen-bond donors (Lipinski definition) is 2. The third kappa shape index (κ3) is 15.1. The molecule has 5 heteroatoms. The number of aryl methyl sites for hydroxylation is 1. The van der Waals surface area contributed by atoms with Crippen molar-refractivity contribution in [3.63, 3.8) is 0 Å². The number of rotatable bonds is 15. The lowest BCUT2D eigenvalue weighted by Crippen LogP contribution is -2.07. The van der Waals surface area contributed by atoms with Gasteiger partial charge < -0.3 is 10.8 Å². The third-order valence-electron chi connectivity index (χ3n) is 5.11. The number of carbonyl (C=O) groups excluding carboxylic acids is 1. The predicted octanol–water partition coefficient (Wildman–Crippen LogP) is 6.60. The van der Waals surface area contributed by atoms with E-state index < -0.39 is 0 Å². The third-order valence-corrected chi connectivity index (χ3v) is 5.11. The normalized spacial score (nSPS) is 12.8. The average molecular weight is 422 g/mol. The van der Waals surface area contributed by atoms with Gasteiger partial charge >= 0.3 is 5.97 Å². The van der Waals surface area contributed by atoms with Gasteiger partial charge in [-0.25, -0.2) is 4.79 Å². The molecule has 1 aromatic carbocycles. The SMILES string of the molecule is CCCCCCCCCCC(=O)OOc1cc(O)cc(CCCCC)c1.NC1CC1. The van der Waals surface area contributed by atoms with Gasteiger partial charge in [0.2, 0.25) is 0 Å². The molecule has 1 aromatic rings. The van der Waals surface area contributed by atoms with Gasteiger partial charge in [0.05, 0.1) is 6.42 Å². The van der Waals surface area contributed by atoms with Gasteiger partial charge in [0.1, 0.15) is 5.75 Å². The van der Waals surface area contributed by atoms with E-state index in [2.05, 4.69) is 13.8 Å². The van der Waals surface area contributed by atoms with Gasteiger partial charge in [-0.05, 0) is 49.8 Å². The maximum atomic E-state index is 11.8. The van der Waals surface area contributed by atoms with Gasteiger partial charge in [-0.15, -0.1) is 0 Å². The Balaban J connectivity index is 0.000000998. The first kappa shape index (κ1) is 26.3. The fourth-order valence-corrected chi connectivity index (χ4v) is 3.05. The summed E-state index contributed by atoms with van der Waals surface area (Å²) in [6, 6.07) is 5.59. The lowest BCUT2D eigenvalue weighted by atomic mass is 10.1. The van der Waals surface area contributed by atoms with Crippen LogP contribution in [0.4, 0.5) is 0 Å². The highest BCUT2D eigenvalue weighted by Gasteiger charge is 2.13. The van der Waals surface area contributed by atoms with Gasteiger partial charge in [0, 0.05) is 12.1 Å². The van der Waals surface area contributed by atoms with E-state index in [1.807, 2.05) is 6.07 Å². The molecule has 0 unspecified atom stereocenters. The molecule has 1 aliphatic carbocycles. The van der Waals surface area contributed by atoms with Crippen molar-refractivity contribution in [2.45, 2.75) is 116 Å². The summed E-state index contributed by atoms with van der Waals surface area (Å²) in [6.07, 6.45) is 16.6. The smallest absolute Gasteiger partial charge is 0.355 e. The highest BCUT2D eigenvalue weighted by atomic mass is 17.2. The van der Waals surface area contributed by atoms with Crippen LogP contribution in [-0.4, -0.2) is 17.1 Å². The molecule has 2 rings (SSSR count). The number of benzene rings is 1. The maximum Gasteiger partial charge on any atom is 0.355 e. The standard InChI is InChI=1S/C22H36O4.C3H7N/c1-3-5-7-8-9-10-11-13-15-22(24)26-25-21-17-19(14-12-6-4-2)16-20(23)18-21;4-3-1-2-3/h16-18,23H,3-15H2,1-2H3;3H,1-2,4H2. The van der Waals surface area contributed by atoms with Gasteiger partial charge in [-0.2, -0.15) is 0 Å². The van der Waals surface area contributed by atoms with Crippen LogP contribution in [0.3, 0.4) is 0 Å². The monoisotopic (exact) mass is 421 g/mol. The van der Waals surface area contributed by atoms with Crippen molar-refractivity contribution in [3.05, 3.63) is 23.8 Å². The van der Waals surface area contributed by atoms with Crippen molar-refractivity contribution in [2.75, 3.05) is 0 Å². The first-order valence-electron chi connectivity index (χ1n) is 12.0. The molecule has 0 aliphatic heterocycles. The van der Waals surface area contributed by atoms with E-state index in [0.717, 1.165) is 44.1 Å². The molecule has 3 N–H and O–H groups in total. The van der Waals surface area contributed by atoms with Crippen LogP contribution in [0.2, 0.25) is 0 Å². The molecule has 0 radical (unpaired) electrons. The molecule has 30 heavy (non-hydrogen) atoms. The summed E-state index contributed by atoms with van der Waals surface area (Å²) >= 11 is 0. The van der Waals surface area contributed by atoms with E-state index in [4.69, 9.17) is 15.5 Å². The summed E-state index contributed by atoms with van der Waals surface area (Å²) in [5, 5.41) is 9.77. The van der Waals surface area contributed by atoms with Crippen LogP contribution in [0.25, 0.3) is 0 Å². The van der Waals surface area contributed by atoms with Gasteiger partial charge in [-0.1, -0.05) is 71.6 Å². The molecule has 0 saturated heterocycles. The molecular weight excluding hydrogens is 378 g/mol. The fourth-order valence-electron chi connectivity index (χ4n) is 3.05. The Labute approximate surface area is 183 Å². The first-order chi connectivity index (χ1) is 14.5. The molecule has 1 saturated carbocycles. The van der Waals surface area contributed by atoms with Crippen molar-refractivity contribution in [2.24, 2.45) is 5.73 Å². The molecule has 1 fully saturated rings. The molecule has 0 spiro atoms. The minimum absolute atomic E-state index is 0.133. The number of hydrogen-bond acceptors (Lipinski definition) is 5. The van der Waals surface area contributed by atoms with Crippen molar-refractivity contribution in [1.82, 2.24) is 0 Å². The molecule has 0 heterocycles. The summed E-state index contributed by atoms with van der Waals surface area (Å²) in [5.74, 6) is 0.153. The average Bonchev–Trinajstić information content (AvgIpc) is 3.51. The molecular formula is C25H43NO4. The highest BCUT2D eigenvalue weighted by molar-refractivity contribution is 5.68. The van der Waals surface area contributed by atoms with Crippen LogP contribution in [0.5, 0.6) is 11.5 Å². The summed E-state index contributed by atoms with van der Waals surface area (Å²) < 4.78 is 0. The van der Waals surface area contributed by atoms with E-state index in [1.54, 1.807) is 6.07 Å². The number of aromatic hydroxyl groups is 1. The summed E-state index contributed by atoms with van der Waals surface area (Å²) in [4.78, 5) is 21.7. The number of carbonyl (C=O) groups is 1. The summed E-state index contributed by atoms with van der Waals surface area (Å²) in [7, 11) is 0. The number of unbranched alkanes of at least 4 members (excludes halogenated alkanes) is 9. The van der Waals surface area contributed by atoms with E-state index >= 15 is 0 Å². The van der Waals surface area contributed by atoms with Crippen molar-refractivity contribution in [3.8, 4) is 11.5 Å². The summed E-state index contributed by atoms with van der Waals surface area (Å²) in [6.45, 7) is 4.38. The minimum atomic E-state index is -0.355. The van der Waals surface area contributed by atoms with Crippen LogP contribution < -0.4 is 10.6 Å². The van der Waals surface area contributed by atoms with E-state index in [9.17, 15) is 9.90 Å². The van der Waals surface area contributed by atoms with E-state index in [-0.39, 0.29) is 11.7 Å². The van der Waals surface area contributed by atoms with Crippen LogP contribution in [0.1, 0.15) is 109 Å². The zero-order valence-corrected chi connectivity index (χ0v) is 19.2. The topological polar surface area (TPSA) is 81.8 Å². The fraction of sp³-hybridized carbons (Fsp3) is 0.720. The zero-order valence-electron chi connectivity index (χ0n) is 19.2. The Morgan fingerprint density at radius 3 is 2.10 bits per heavy atom. The molecule has 0 atom stereocenters. The predicted molar refractivity (Wildman–Crippen MR) is 122 cm³/mol. The number of phenolic OH excluding ortho intramolecular Hbond substituents is 1. The van der Waals surface area contributed by atoms with E-state index in [0.29, 0.717) is 18.2 Å². The maximum absolute atomic E-state index is 11.8. The molecule has 0 aromatic heterocycles. The van der Waals surface area contributed by atoms with Gasteiger partial charge in [0.15, 0.2) is 5.75 Å². The number of nitrogens with two attached hydrogens (primary N) is 1. The Morgan fingerprint density at radius 1 is 0.933 bits per heavy atom. The lowest BCUT2D eigenvalue weighted by molar-refractivity contribution is -0.213. The number of phenols is 1. The van der Waals surface area contributed by atoms with Crippen LogP contribution >= 0.6 is 0 Å². The van der Waals surface area contributed by atoms with Crippen molar-refractivity contribution >= 4 is 5.97 Å².